The molecule has 1 fully saturated rings. The molecule has 1 saturated heterocycles. The van der Waals surface area contributed by atoms with E-state index in [2.05, 4.69) is 30.9 Å². The van der Waals surface area contributed by atoms with Gasteiger partial charge in [-0.15, -0.1) is 33.3 Å². The number of carbonyl (C=O) groups is 4. The number of aliphatic carboxylic acids is 2. The molecule has 2 aliphatic heterocycles. The molecule has 0 unspecified atom stereocenters. The fraction of sp³-hybridized carbons (Fsp3) is 0.476. The number of β-lactam (4-membered cyclic amide) rings is 1. The maximum absolute atomic E-state index is 12.8. The van der Waals surface area contributed by atoms with Crippen molar-refractivity contribution in [3.8, 4) is 0 Å². The second-order valence-corrected chi connectivity index (χ2v) is 11.2. The van der Waals surface area contributed by atoms with E-state index >= 15 is 0 Å². The Morgan fingerprint density at radius 3 is 2.46 bits per heavy atom. The van der Waals surface area contributed by atoms with Gasteiger partial charge in [-0.2, -0.15) is 4.80 Å². The summed E-state index contributed by atoms with van der Waals surface area (Å²) >= 11 is 2.44. The average Bonchev–Trinajstić information content (AvgIpc) is 3.47. The summed E-state index contributed by atoms with van der Waals surface area (Å²) in [5.41, 5.74) is 5.42. The summed E-state index contributed by atoms with van der Waals surface area (Å²) in [4.78, 5) is 58.7. The third-order valence-electron chi connectivity index (χ3n) is 5.23. The highest BCUT2D eigenvalue weighted by molar-refractivity contribution is 8.00. The molecule has 39 heavy (non-hydrogen) atoms. The molecule has 2 amide bonds. The first-order valence-corrected chi connectivity index (χ1v) is 13.2. The summed E-state index contributed by atoms with van der Waals surface area (Å²) in [5, 5.41) is 37.1. The van der Waals surface area contributed by atoms with Crippen LogP contribution in [0.4, 0.5) is 5.13 Å². The van der Waals surface area contributed by atoms with Crippen LogP contribution in [0.25, 0.3) is 0 Å². The fourth-order valence-corrected chi connectivity index (χ4v) is 5.15. The van der Waals surface area contributed by atoms with E-state index in [1.807, 2.05) is 0 Å². The van der Waals surface area contributed by atoms with Gasteiger partial charge >= 0.3 is 11.9 Å². The number of carboxylic acid groups (broad SMARTS) is 2. The lowest BCUT2D eigenvalue weighted by molar-refractivity contribution is -0.150. The van der Waals surface area contributed by atoms with E-state index < -0.39 is 40.6 Å². The molecule has 0 radical (unpaired) electrons. The lowest BCUT2D eigenvalue weighted by Gasteiger charge is -2.49. The molecule has 0 aliphatic carbocycles. The van der Waals surface area contributed by atoms with Crippen LogP contribution in [0.5, 0.6) is 0 Å². The van der Waals surface area contributed by atoms with Crippen LogP contribution in [-0.4, -0.2) is 94.0 Å². The number of carbonyl (C=O) groups excluding carboxylic acids is 2. The highest BCUT2D eigenvalue weighted by Crippen LogP contribution is 2.40. The number of rotatable bonds is 7. The molecule has 18 heteroatoms. The number of fused-ring (bicyclic) bond motifs is 1. The number of nitrogen functional groups attached to an aromatic ring is 1. The van der Waals surface area contributed by atoms with Gasteiger partial charge in [0.15, 0.2) is 16.7 Å². The third kappa shape index (κ3) is 6.69. The Bertz CT molecular complexity index is 1350. The Balaban J connectivity index is 0.000000532. The summed E-state index contributed by atoms with van der Waals surface area (Å²) in [5.74, 6) is -2.49. The number of thioether (sulfide) groups is 1. The van der Waals surface area contributed by atoms with Gasteiger partial charge in [-0.1, -0.05) is 5.16 Å². The van der Waals surface area contributed by atoms with Crippen molar-refractivity contribution >= 4 is 57.7 Å². The average molecular weight is 582 g/mol. The molecular formula is C21H27N9O7S2. The van der Waals surface area contributed by atoms with E-state index in [4.69, 9.17) is 15.7 Å². The number of thiazole rings is 1. The number of hydrogen-bond acceptors (Lipinski definition) is 13. The van der Waals surface area contributed by atoms with Crippen LogP contribution < -0.4 is 11.1 Å². The molecule has 0 spiro atoms. The van der Waals surface area contributed by atoms with Crippen LogP contribution in [0.2, 0.25) is 0 Å². The van der Waals surface area contributed by atoms with Crippen molar-refractivity contribution in [3.63, 3.8) is 0 Å². The fourth-order valence-electron chi connectivity index (χ4n) is 3.27. The van der Waals surface area contributed by atoms with Crippen molar-refractivity contribution in [3.05, 3.63) is 28.2 Å². The van der Waals surface area contributed by atoms with Crippen molar-refractivity contribution in [1.82, 2.24) is 35.4 Å². The van der Waals surface area contributed by atoms with E-state index in [0.717, 1.165) is 16.2 Å². The summed E-state index contributed by atoms with van der Waals surface area (Å²) in [6.07, 6.45) is 0. The molecule has 210 valence electrons. The zero-order valence-electron chi connectivity index (χ0n) is 21.6. The lowest BCUT2D eigenvalue weighted by Crippen LogP contribution is -2.71. The number of nitrogens with two attached hydrogens (primary N) is 1. The molecule has 0 saturated carbocycles. The molecule has 0 bridgehead atoms. The predicted octanol–water partition coefficient (Wildman–Crippen LogP) is -0.0734. The number of anilines is 1. The van der Waals surface area contributed by atoms with Gasteiger partial charge in [0.25, 0.3) is 11.8 Å². The molecule has 2 aromatic rings. The van der Waals surface area contributed by atoms with E-state index in [1.165, 1.54) is 29.0 Å². The molecule has 4 rings (SSSR count). The Hall–Kier alpha value is -4.06. The minimum Gasteiger partial charge on any atom is -0.481 e. The van der Waals surface area contributed by atoms with Crippen molar-refractivity contribution in [2.24, 2.45) is 10.6 Å². The van der Waals surface area contributed by atoms with Crippen LogP contribution in [0.15, 0.2) is 21.8 Å². The highest BCUT2D eigenvalue weighted by Gasteiger charge is 2.54. The number of aromatic nitrogens is 5. The van der Waals surface area contributed by atoms with Crippen LogP contribution >= 0.6 is 23.1 Å². The zero-order chi connectivity index (χ0) is 29.1. The standard InChI is InChI=1S/C16H17N9O5S2.C5H10O2/c1-6-20-23-24(21-6)3-7-4-31-14-10(13(27)25(14)11(7)15(28)29)19-12(26)9(22-30-2)8-5-32-16(17)18-8;1-5(2,3)4(6)7/h5,10,14H,3-4H2,1-2H3,(H2,17,18)(H,19,26)(H,28,29);1-3H3,(H,6,7)/b22-9+;/t10-,14-;/m1./s1. The molecule has 0 aromatic carbocycles. The van der Waals surface area contributed by atoms with Gasteiger partial charge in [-0.25, -0.2) is 9.78 Å². The van der Waals surface area contributed by atoms with Gasteiger partial charge in [-0.05, 0) is 38.5 Å². The largest absolute Gasteiger partial charge is 0.481 e. The molecule has 2 atom stereocenters. The van der Waals surface area contributed by atoms with Gasteiger partial charge in [-0.3, -0.25) is 19.3 Å². The maximum atomic E-state index is 12.8. The van der Waals surface area contributed by atoms with Crippen molar-refractivity contribution in [2.75, 3.05) is 18.6 Å². The molecule has 2 aliphatic rings. The van der Waals surface area contributed by atoms with Gasteiger partial charge < -0.3 is 26.1 Å². The van der Waals surface area contributed by atoms with Crippen LogP contribution in [0.1, 0.15) is 32.3 Å². The Kier molecular flexibility index (Phi) is 8.90. The second-order valence-electron chi connectivity index (χ2n) is 9.23. The first-order chi connectivity index (χ1) is 18.2. The zero-order valence-corrected chi connectivity index (χ0v) is 23.2. The number of aryl methyl sites for hydroxylation is 1. The minimum absolute atomic E-state index is 0.0822. The normalized spacial score (nSPS) is 18.9. The lowest BCUT2D eigenvalue weighted by atomic mass is 9.98. The Labute approximate surface area is 230 Å². The minimum atomic E-state index is -1.25. The maximum Gasteiger partial charge on any atom is 0.352 e. The topological polar surface area (TPSA) is 228 Å². The van der Waals surface area contributed by atoms with Crippen molar-refractivity contribution < 1.29 is 34.2 Å². The third-order valence-corrected chi connectivity index (χ3v) is 7.24. The van der Waals surface area contributed by atoms with E-state index in [-0.39, 0.29) is 28.8 Å². The quantitative estimate of drug-likeness (QED) is 0.191. The summed E-state index contributed by atoms with van der Waals surface area (Å²) < 4.78 is 0. The van der Waals surface area contributed by atoms with Crippen molar-refractivity contribution in [2.45, 2.75) is 45.7 Å². The van der Waals surface area contributed by atoms with Gasteiger partial charge in [0.05, 0.1) is 12.0 Å². The number of nitrogens with one attached hydrogen (secondary N) is 1. The van der Waals surface area contributed by atoms with E-state index in [0.29, 0.717) is 17.2 Å². The number of oxime groups is 1. The van der Waals surface area contributed by atoms with Gasteiger partial charge in [0.1, 0.15) is 29.9 Å². The first-order valence-electron chi connectivity index (χ1n) is 11.3. The summed E-state index contributed by atoms with van der Waals surface area (Å²) in [7, 11) is 1.27. The molecule has 5 N–H and O–H groups in total. The SMILES string of the molecule is CC(C)(C)C(=O)O.CO/N=C(/C(=O)N[C@@H]1C(=O)N2C(C(=O)O)=C(Cn3nnc(C)n3)CS[C@H]12)c1csc(N)n1. The number of tetrazole rings is 1. The first kappa shape index (κ1) is 29.5. The predicted molar refractivity (Wildman–Crippen MR) is 139 cm³/mol. The second kappa shape index (κ2) is 11.8. The van der Waals surface area contributed by atoms with Crippen LogP contribution in [0, 0.1) is 12.3 Å². The molecule has 4 heterocycles. The number of nitrogens with zero attached hydrogens (tertiary/aromatic N) is 7. The number of carboxylic acids is 2. The van der Waals surface area contributed by atoms with Gasteiger partial charge in [0.2, 0.25) is 0 Å². The van der Waals surface area contributed by atoms with E-state index in [1.54, 1.807) is 27.7 Å². The summed E-state index contributed by atoms with van der Waals surface area (Å²) in [6.45, 7) is 6.73. The van der Waals surface area contributed by atoms with Crippen LogP contribution in [-0.2, 0) is 30.6 Å². The smallest absolute Gasteiger partial charge is 0.352 e. The Morgan fingerprint density at radius 2 is 1.97 bits per heavy atom. The van der Waals surface area contributed by atoms with Crippen molar-refractivity contribution in [1.29, 1.82) is 0 Å². The molecular weight excluding hydrogens is 554 g/mol. The molecule has 16 nitrogen and oxygen atoms in total. The van der Waals surface area contributed by atoms with Gasteiger partial charge in [0, 0.05) is 11.1 Å². The number of hydrogen-bond donors (Lipinski definition) is 4. The highest BCUT2D eigenvalue weighted by atomic mass is 32.2. The summed E-state index contributed by atoms with van der Waals surface area (Å²) in [6, 6.07) is -0.937. The Morgan fingerprint density at radius 1 is 1.31 bits per heavy atom. The van der Waals surface area contributed by atoms with E-state index in [9.17, 15) is 24.3 Å². The van der Waals surface area contributed by atoms with Crippen LogP contribution in [0.3, 0.4) is 0 Å². The monoisotopic (exact) mass is 581 g/mol. The molecule has 2 aromatic heterocycles. The number of amides is 2.